The molecule has 9 heteroatoms. The first-order valence-electron chi connectivity index (χ1n) is 4.87. The second kappa shape index (κ2) is 5.13. The van der Waals surface area contributed by atoms with Gasteiger partial charge in [0, 0.05) is 12.6 Å². The summed E-state index contributed by atoms with van der Waals surface area (Å²) in [5.41, 5.74) is 4.55. The molecule has 0 saturated carbocycles. The summed E-state index contributed by atoms with van der Waals surface area (Å²) in [6, 6.07) is -0.268. The molecule has 1 rings (SSSR count). The minimum atomic E-state index is -4.42. The van der Waals surface area contributed by atoms with Crippen LogP contribution in [0.15, 0.2) is 9.95 Å². The van der Waals surface area contributed by atoms with E-state index < -0.39 is 23.7 Å². The van der Waals surface area contributed by atoms with Gasteiger partial charge >= 0.3 is 11.9 Å². The number of nitrogens with two attached hydrogens (primary N) is 1. The Hall–Kier alpha value is -0.960. The van der Waals surface area contributed by atoms with Gasteiger partial charge in [-0.3, -0.25) is 4.57 Å². The molecule has 1 aromatic heterocycles. The van der Waals surface area contributed by atoms with E-state index in [1.54, 1.807) is 13.8 Å². The number of halogens is 3. The SMILES string of the molecule is CC(C)n1c(SC(CN)C(F)(F)F)n[nH]c1=O. The largest absolute Gasteiger partial charge is 0.402 e. The van der Waals surface area contributed by atoms with Crippen molar-refractivity contribution in [3.8, 4) is 0 Å². The lowest BCUT2D eigenvalue weighted by molar-refractivity contribution is -0.126. The van der Waals surface area contributed by atoms with Gasteiger partial charge in [-0.2, -0.15) is 13.2 Å². The molecule has 1 heterocycles. The predicted molar refractivity (Wildman–Crippen MR) is 58.0 cm³/mol. The predicted octanol–water partition coefficient (Wildman–Crippen LogP) is 1.13. The molecule has 1 atom stereocenters. The minimum Gasteiger partial charge on any atom is -0.329 e. The van der Waals surface area contributed by atoms with Crippen molar-refractivity contribution in [1.82, 2.24) is 14.8 Å². The van der Waals surface area contributed by atoms with Crippen molar-refractivity contribution < 1.29 is 13.2 Å². The van der Waals surface area contributed by atoms with Crippen molar-refractivity contribution in [2.75, 3.05) is 6.54 Å². The van der Waals surface area contributed by atoms with Gasteiger partial charge in [-0.1, -0.05) is 11.8 Å². The molecule has 3 N–H and O–H groups in total. The van der Waals surface area contributed by atoms with Crippen LogP contribution in [0.2, 0.25) is 0 Å². The Balaban J connectivity index is 2.99. The van der Waals surface area contributed by atoms with E-state index in [0.29, 0.717) is 11.8 Å². The van der Waals surface area contributed by atoms with Crippen LogP contribution in [0, 0.1) is 0 Å². The van der Waals surface area contributed by atoms with E-state index in [9.17, 15) is 18.0 Å². The lowest BCUT2D eigenvalue weighted by atomic mass is 10.4. The quantitative estimate of drug-likeness (QED) is 0.804. The number of aromatic nitrogens is 3. The van der Waals surface area contributed by atoms with Gasteiger partial charge in [0.25, 0.3) is 0 Å². The van der Waals surface area contributed by atoms with Crippen LogP contribution in [0.4, 0.5) is 13.2 Å². The summed E-state index contributed by atoms with van der Waals surface area (Å²) in [5.74, 6) is 0. The second-order valence-corrected chi connectivity index (χ2v) is 4.83. The average molecular weight is 270 g/mol. The molecule has 0 spiro atoms. The third-order valence-electron chi connectivity index (χ3n) is 2.02. The monoisotopic (exact) mass is 270 g/mol. The number of aromatic amines is 1. The van der Waals surface area contributed by atoms with Crippen LogP contribution in [0.5, 0.6) is 0 Å². The molecule has 0 fully saturated rings. The molecule has 0 radical (unpaired) electrons. The Morgan fingerprint density at radius 2 is 2.12 bits per heavy atom. The standard InChI is InChI=1S/C8H13F3N4OS/c1-4(2)15-6(16)13-14-7(15)17-5(3-12)8(9,10)11/h4-5H,3,12H2,1-2H3,(H,13,16). The van der Waals surface area contributed by atoms with Crippen molar-refractivity contribution in [1.29, 1.82) is 0 Å². The fraction of sp³-hybridized carbons (Fsp3) is 0.750. The number of nitrogens with one attached hydrogen (secondary N) is 1. The number of H-pyrrole nitrogens is 1. The molecule has 17 heavy (non-hydrogen) atoms. The molecule has 0 aliphatic rings. The van der Waals surface area contributed by atoms with Crippen LogP contribution in [-0.2, 0) is 0 Å². The summed E-state index contributed by atoms with van der Waals surface area (Å²) < 4.78 is 38.7. The molecule has 1 aromatic rings. The van der Waals surface area contributed by atoms with E-state index in [4.69, 9.17) is 5.73 Å². The summed E-state index contributed by atoms with van der Waals surface area (Å²) in [4.78, 5) is 11.3. The Morgan fingerprint density at radius 3 is 2.53 bits per heavy atom. The highest BCUT2D eigenvalue weighted by atomic mass is 32.2. The molecule has 0 aromatic carbocycles. The van der Waals surface area contributed by atoms with E-state index in [-0.39, 0.29) is 11.2 Å². The molecule has 1 unspecified atom stereocenters. The van der Waals surface area contributed by atoms with Gasteiger partial charge in [0.1, 0.15) is 5.25 Å². The van der Waals surface area contributed by atoms with E-state index >= 15 is 0 Å². The van der Waals surface area contributed by atoms with Crippen molar-refractivity contribution in [2.45, 2.75) is 36.5 Å². The maximum Gasteiger partial charge on any atom is 0.402 e. The number of hydrogen-bond donors (Lipinski definition) is 2. The van der Waals surface area contributed by atoms with E-state index in [2.05, 4.69) is 10.2 Å². The molecule has 5 nitrogen and oxygen atoms in total. The maximum atomic E-state index is 12.5. The first kappa shape index (κ1) is 14.1. The Bertz CT molecular complexity index is 425. The van der Waals surface area contributed by atoms with E-state index in [1.807, 2.05) is 0 Å². The highest BCUT2D eigenvalue weighted by Gasteiger charge is 2.40. The zero-order valence-corrected chi connectivity index (χ0v) is 10.1. The van der Waals surface area contributed by atoms with Gasteiger partial charge < -0.3 is 5.73 Å². The zero-order chi connectivity index (χ0) is 13.2. The number of alkyl halides is 3. The Labute approximate surface area is 99.6 Å². The van der Waals surface area contributed by atoms with E-state index in [1.165, 1.54) is 4.57 Å². The minimum absolute atomic E-state index is 0.00206. The number of nitrogens with zero attached hydrogens (tertiary/aromatic N) is 2. The zero-order valence-electron chi connectivity index (χ0n) is 9.28. The van der Waals surface area contributed by atoms with Gasteiger partial charge in [-0.05, 0) is 13.8 Å². The normalized spacial score (nSPS) is 14.3. The summed E-state index contributed by atoms with van der Waals surface area (Å²) >= 11 is 0.442. The Kier molecular flexibility index (Phi) is 4.26. The summed E-state index contributed by atoms with van der Waals surface area (Å²) in [5, 5.41) is 3.93. The lowest BCUT2D eigenvalue weighted by Crippen LogP contribution is -2.33. The van der Waals surface area contributed by atoms with Crippen LogP contribution < -0.4 is 11.4 Å². The fourth-order valence-corrected chi connectivity index (χ4v) is 2.19. The first-order valence-corrected chi connectivity index (χ1v) is 5.75. The smallest absolute Gasteiger partial charge is 0.329 e. The number of rotatable bonds is 4. The van der Waals surface area contributed by atoms with Crippen LogP contribution in [-0.4, -0.2) is 32.7 Å². The van der Waals surface area contributed by atoms with Crippen molar-refractivity contribution in [3.05, 3.63) is 10.5 Å². The van der Waals surface area contributed by atoms with Crippen molar-refractivity contribution >= 4 is 11.8 Å². The van der Waals surface area contributed by atoms with E-state index in [0.717, 1.165) is 0 Å². The summed E-state index contributed by atoms with van der Waals surface area (Å²) in [6.45, 7) is 2.81. The lowest BCUT2D eigenvalue weighted by Gasteiger charge is -2.18. The number of hydrogen-bond acceptors (Lipinski definition) is 4. The van der Waals surface area contributed by atoms with Gasteiger partial charge in [0.15, 0.2) is 5.16 Å². The van der Waals surface area contributed by atoms with Crippen molar-refractivity contribution in [2.24, 2.45) is 5.73 Å². The van der Waals surface area contributed by atoms with Crippen LogP contribution >= 0.6 is 11.8 Å². The molecule has 0 bridgehead atoms. The third kappa shape index (κ3) is 3.25. The molecular weight excluding hydrogens is 257 g/mol. The summed E-state index contributed by atoms with van der Waals surface area (Å²) in [6.07, 6.45) is -4.42. The Morgan fingerprint density at radius 1 is 1.53 bits per heavy atom. The molecular formula is C8H13F3N4OS. The fourth-order valence-electron chi connectivity index (χ4n) is 1.20. The highest BCUT2D eigenvalue weighted by Crippen LogP contribution is 2.33. The topological polar surface area (TPSA) is 76.7 Å². The third-order valence-corrected chi connectivity index (χ3v) is 3.26. The maximum absolute atomic E-state index is 12.5. The van der Waals surface area contributed by atoms with Crippen LogP contribution in [0.1, 0.15) is 19.9 Å². The van der Waals surface area contributed by atoms with Gasteiger partial charge in [0.05, 0.1) is 0 Å². The van der Waals surface area contributed by atoms with Crippen LogP contribution in [0.3, 0.4) is 0 Å². The molecule has 0 aliphatic heterocycles. The van der Waals surface area contributed by atoms with Gasteiger partial charge in [-0.25, -0.2) is 9.89 Å². The van der Waals surface area contributed by atoms with Crippen molar-refractivity contribution in [3.63, 3.8) is 0 Å². The number of thioether (sulfide) groups is 1. The molecule has 0 aliphatic carbocycles. The summed E-state index contributed by atoms with van der Waals surface area (Å²) in [7, 11) is 0. The van der Waals surface area contributed by atoms with Crippen LogP contribution in [0.25, 0.3) is 0 Å². The average Bonchev–Trinajstić information content (AvgIpc) is 2.54. The molecule has 0 amide bonds. The highest BCUT2D eigenvalue weighted by molar-refractivity contribution is 7.99. The van der Waals surface area contributed by atoms with Gasteiger partial charge in [0.2, 0.25) is 0 Å². The molecule has 0 saturated heterocycles. The second-order valence-electron chi connectivity index (χ2n) is 3.66. The molecule has 98 valence electrons. The van der Waals surface area contributed by atoms with Gasteiger partial charge in [-0.15, -0.1) is 5.10 Å². The first-order chi connectivity index (χ1) is 7.77.